The topological polar surface area (TPSA) is 21.3 Å². The highest BCUT2D eigenvalue weighted by molar-refractivity contribution is 4.78. The maximum atomic E-state index is 6.06. The molecule has 2 atom stereocenters. The van der Waals surface area contributed by atoms with Crippen molar-refractivity contribution in [1.82, 2.24) is 5.32 Å². The van der Waals surface area contributed by atoms with Crippen LogP contribution in [0, 0.1) is 5.92 Å². The van der Waals surface area contributed by atoms with Gasteiger partial charge in [-0.2, -0.15) is 0 Å². The van der Waals surface area contributed by atoms with Crippen LogP contribution < -0.4 is 5.32 Å². The van der Waals surface area contributed by atoms with Crippen LogP contribution in [0.2, 0.25) is 0 Å². The summed E-state index contributed by atoms with van der Waals surface area (Å²) >= 11 is 0. The van der Waals surface area contributed by atoms with Gasteiger partial charge in [-0.3, -0.25) is 0 Å². The Bertz CT molecular complexity index is 203. The van der Waals surface area contributed by atoms with E-state index >= 15 is 0 Å². The van der Waals surface area contributed by atoms with Crippen molar-refractivity contribution in [3.05, 3.63) is 0 Å². The van der Waals surface area contributed by atoms with Gasteiger partial charge in [-0.15, -0.1) is 0 Å². The Balaban J connectivity index is 1.56. The van der Waals surface area contributed by atoms with Crippen molar-refractivity contribution in [3.8, 4) is 0 Å². The molecule has 0 aliphatic heterocycles. The number of hydrogen-bond acceptors (Lipinski definition) is 2. The number of nitrogens with one attached hydrogen (secondary N) is 1. The van der Waals surface area contributed by atoms with Crippen molar-refractivity contribution in [2.75, 3.05) is 13.2 Å². The third-order valence-corrected chi connectivity index (χ3v) is 4.41. The fourth-order valence-corrected chi connectivity index (χ4v) is 3.01. The predicted molar refractivity (Wildman–Crippen MR) is 72.2 cm³/mol. The third-order valence-electron chi connectivity index (χ3n) is 4.41. The molecule has 2 unspecified atom stereocenters. The van der Waals surface area contributed by atoms with Crippen LogP contribution in [0.5, 0.6) is 0 Å². The van der Waals surface area contributed by atoms with E-state index in [1.807, 2.05) is 0 Å². The van der Waals surface area contributed by atoms with Gasteiger partial charge in [0.2, 0.25) is 0 Å². The van der Waals surface area contributed by atoms with Crippen molar-refractivity contribution in [1.29, 1.82) is 0 Å². The molecule has 1 N–H and O–H groups in total. The first kappa shape index (κ1) is 13.4. The summed E-state index contributed by atoms with van der Waals surface area (Å²) in [4.78, 5) is 0. The van der Waals surface area contributed by atoms with Crippen molar-refractivity contribution in [2.45, 2.75) is 76.9 Å². The summed E-state index contributed by atoms with van der Waals surface area (Å²) in [5.74, 6) is 0.993. The Morgan fingerprint density at radius 1 is 1.12 bits per heavy atom. The first-order valence-electron chi connectivity index (χ1n) is 7.73. The Morgan fingerprint density at radius 3 is 2.65 bits per heavy atom. The molecular formula is C15H29NO. The summed E-state index contributed by atoms with van der Waals surface area (Å²) in [6.45, 7) is 4.41. The largest absolute Gasteiger partial charge is 0.378 e. The molecule has 0 radical (unpaired) electrons. The van der Waals surface area contributed by atoms with Gasteiger partial charge in [-0.25, -0.2) is 0 Å². The average Bonchev–Trinajstić information content (AvgIpc) is 2.30. The monoisotopic (exact) mass is 239 g/mol. The molecule has 2 rings (SSSR count). The van der Waals surface area contributed by atoms with Crippen molar-refractivity contribution < 1.29 is 4.74 Å². The summed E-state index contributed by atoms with van der Waals surface area (Å²) in [5.41, 5.74) is 0. The molecule has 0 amide bonds. The Hall–Kier alpha value is -0.0800. The molecule has 100 valence electrons. The first-order valence-corrected chi connectivity index (χ1v) is 7.73. The highest BCUT2D eigenvalue weighted by Crippen LogP contribution is 2.30. The van der Waals surface area contributed by atoms with E-state index < -0.39 is 0 Å². The normalized spacial score (nSPS) is 30.2. The van der Waals surface area contributed by atoms with E-state index in [-0.39, 0.29) is 0 Å². The zero-order valence-corrected chi connectivity index (χ0v) is 11.4. The standard InChI is InChI=1S/C15H29NO/c1-2-10-16-14-7-4-8-15(12-14)17-11-9-13-5-3-6-13/h13-16H,2-12H2,1H3. The molecule has 0 spiro atoms. The van der Waals surface area contributed by atoms with Crippen LogP contribution in [0.3, 0.4) is 0 Å². The van der Waals surface area contributed by atoms with E-state index in [1.165, 1.54) is 64.3 Å². The van der Waals surface area contributed by atoms with Gasteiger partial charge in [0.25, 0.3) is 0 Å². The third kappa shape index (κ3) is 4.59. The maximum absolute atomic E-state index is 6.06. The minimum Gasteiger partial charge on any atom is -0.378 e. The van der Waals surface area contributed by atoms with Crippen LogP contribution in [0.1, 0.15) is 64.7 Å². The number of hydrogen-bond donors (Lipinski definition) is 1. The highest BCUT2D eigenvalue weighted by atomic mass is 16.5. The quantitative estimate of drug-likeness (QED) is 0.734. The van der Waals surface area contributed by atoms with Crippen LogP contribution in [0.15, 0.2) is 0 Å². The molecule has 17 heavy (non-hydrogen) atoms. The summed E-state index contributed by atoms with van der Waals surface area (Å²) in [6, 6.07) is 0.720. The van der Waals surface area contributed by atoms with Crippen LogP contribution in [0.4, 0.5) is 0 Å². The van der Waals surface area contributed by atoms with Crippen molar-refractivity contribution >= 4 is 0 Å². The van der Waals surface area contributed by atoms with Gasteiger partial charge < -0.3 is 10.1 Å². The lowest BCUT2D eigenvalue weighted by molar-refractivity contribution is 0.00860. The Labute approximate surface area is 107 Å². The molecule has 2 saturated carbocycles. The Kier molecular flexibility index (Phi) is 5.79. The molecule has 0 heterocycles. The first-order chi connectivity index (χ1) is 8.38. The molecule has 2 fully saturated rings. The van der Waals surface area contributed by atoms with Gasteiger partial charge in [-0.1, -0.05) is 26.2 Å². The van der Waals surface area contributed by atoms with Crippen molar-refractivity contribution in [3.63, 3.8) is 0 Å². The molecule has 0 saturated heterocycles. The van der Waals surface area contributed by atoms with Gasteiger partial charge in [0, 0.05) is 12.6 Å². The summed E-state index contributed by atoms with van der Waals surface area (Å²) in [6.07, 6.45) is 12.7. The number of ether oxygens (including phenoxy) is 1. The highest BCUT2D eigenvalue weighted by Gasteiger charge is 2.23. The second kappa shape index (κ2) is 7.38. The maximum Gasteiger partial charge on any atom is 0.0590 e. The van der Waals surface area contributed by atoms with E-state index in [1.54, 1.807) is 0 Å². The van der Waals surface area contributed by atoms with Crippen LogP contribution in [-0.2, 0) is 4.74 Å². The van der Waals surface area contributed by atoms with E-state index in [0.717, 1.165) is 18.6 Å². The molecule has 0 aromatic carbocycles. The zero-order valence-electron chi connectivity index (χ0n) is 11.4. The minimum absolute atomic E-state index is 0.540. The lowest BCUT2D eigenvalue weighted by Gasteiger charge is -2.31. The average molecular weight is 239 g/mol. The zero-order chi connectivity index (χ0) is 11.9. The van der Waals surface area contributed by atoms with Crippen LogP contribution >= 0.6 is 0 Å². The summed E-state index contributed by atoms with van der Waals surface area (Å²) in [5, 5.41) is 3.64. The van der Waals surface area contributed by atoms with Gasteiger partial charge in [0.05, 0.1) is 6.10 Å². The predicted octanol–water partition coefficient (Wildman–Crippen LogP) is 3.50. The lowest BCUT2D eigenvalue weighted by atomic mass is 9.83. The van der Waals surface area contributed by atoms with Gasteiger partial charge >= 0.3 is 0 Å². The molecule has 0 aromatic rings. The van der Waals surface area contributed by atoms with E-state index in [0.29, 0.717) is 6.10 Å². The van der Waals surface area contributed by atoms with Gasteiger partial charge in [0.1, 0.15) is 0 Å². The lowest BCUT2D eigenvalue weighted by Crippen LogP contribution is -2.37. The van der Waals surface area contributed by atoms with Crippen LogP contribution in [-0.4, -0.2) is 25.3 Å². The molecule has 0 aromatic heterocycles. The van der Waals surface area contributed by atoms with Gasteiger partial charge in [0.15, 0.2) is 0 Å². The molecule has 2 aliphatic carbocycles. The van der Waals surface area contributed by atoms with Crippen molar-refractivity contribution in [2.24, 2.45) is 5.92 Å². The van der Waals surface area contributed by atoms with Gasteiger partial charge in [-0.05, 0) is 51.0 Å². The second-order valence-electron chi connectivity index (χ2n) is 5.90. The van der Waals surface area contributed by atoms with E-state index in [9.17, 15) is 0 Å². The SMILES string of the molecule is CCCNC1CCCC(OCCC2CCC2)C1. The fraction of sp³-hybridized carbons (Fsp3) is 1.00. The number of rotatable bonds is 7. The van der Waals surface area contributed by atoms with Crippen LogP contribution in [0.25, 0.3) is 0 Å². The smallest absolute Gasteiger partial charge is 0.0590 e. The summed E-state index contributed by atoms with van der Waals surface area (Å²) in [7, 11) is 0. The molecule has 2 aliphatic rings. The Morgan fingerprint density at radius 2 is 1.94 bits per heavy atom. The fourth-order valence-electron chi connectivity index (χ4n) is 3.01. The van der Waals surface area contributed by atoms with E-state index in [2.05, 4.69) is 12.2 Å². The molecule has 2 nitrogen and oxygen atoms in total. The molecular weight excluding hydrogens is 210 g/mol. The van der Waals surface area contributed by atoms with E-state index in [4.69, 9.17) is 4.74 Å². The molecule has 2 heteroatoms. The second-order valence-corrected chi connectivity index (χ2v) is 5.90. The summed E-state index contributed by atoms with van der Waals surface area (Å²) < 4.78 is 6.06. The minimum atomic E-state index is 0.540. The molecule has 0 bridgehead atoms.